The van der Waals surface area contributed by atoms with Crippen molar-refractivity contribution in [1.82, 2.24) is 9.78 Å². The molecule has 0 saturated carbocycles. The van der Waals surface area contributed by atoms with Crippen molar-refractivity contribution in [2.75, 3.05) is 0 Å². The van der Waals surface area contributed by atoms with Crippen molar-refractivity contribution in [2.24, 2.45) is 0 Å². The lowest BCUT2D eigenvalue weighted by atomic mass is 10.2. The lowest BCUT2D eigenvalue weighted by molar-refractivity contribution is 0.0478. The van der Waals surface area contributed by atoms with Crippen molar-refractivity contribution in [3.8, 4) is 0 Å². The number of hydrogen-bond donors (Lipinski definition) is 0. The highest BCUT2D eigenvalue weighted by atomic mass is 79.9. The van der Waals surface area contributed by atoms with E-state index in [4.69, 9.17) is 16.3 Å². The molecule has 0 aliphatic heterocycles. The first-order chi connectivity index (χ1) is 13.5. The third-order valence-corrected chi connectivity index (χ3v) is 6.40. The molecular weight excluding hydrogens is 460 g/mol. The summed E-state index contributed by atoms with van der Waals surface area (Å²) < 4.78 is 8.36. The number of hydrogen-bond acceptors (Lipinski definition) is 4. The molecule has 0 radical (unpaired) electrons. The van der Waals surface area contributed by atoms with Gasteiger partial charge in [0.2, 0.25) is 0 Å². The Kier molecular flexibility index (Phi) is 5.53. The standard InChI is InChI=1S/C21H16BrClN2O2S/c1-13-17-10-19(21(26)27-12-14-6-8-16(22)9-7-14)28-20(17)25(24-13)11-15-4-2-3-5-18(15)23/h2-10H,11-12H2,1H3. The van der Waals surface area contributed by atoms with Crippen LogP contribution in [0.3, 0.4) is 0 Å². The van der Waals surface area contributed by atoms with E-state index in [-0.39, 0.29) is 12.6 Å². The zero-order valence-electron chi connectivity index (χ0n) is 15.0. The molecule has 2 aromatic carbocycles. The van der Waals surface area contributed by atoms with Crippen molar-refractivity contribution in [3.63, 3.8) is 0 Å². The molecule has 0 aliphatic rings. The zero-order valence-corrected chi connectivity index (χ0v) is 18.1. The molecule has 2 heterocycles. The van der Waals surface area contributed by atoms with Gasteiger partial charge in [-0.2, -0.15) is 5.10 Å². The monoisotopic (exact) mass is 474 g/mol. The van der Waals surface area contributed by atoms with Gasteiger partial charge in [0.1, 0.15) is 16.3 Å². The molecule has 0 bridgehead atoms. The van der Waals surface area contributed by atoms with Crippen LogP contribution >= 0.6 is 38.9 Å². The summed E-state index contributed by atoms with van der Waals surface area (Å²) in [7, 11) is 0. The Morgan fingerprint density at radius 2 is 1.96 bits per heavy atom. The Morgan fingerprint density at radius 3 is 2.71 bits per heavy atom. The molecule has 4 rings (SSSR count). The molecule has 0 fully saturated rings. The minimum atomic E-state index is -0.326. The molecule has 142 valence electrons. The smallest absolute Gasteiger partial charge is 0.348 e. The van der Waals surface area contributed by atoms with Crippen LogP contribution in [0.4, 0.5) is 0 Å². The van der Waals surface area contributed by atoms with Gasteiger partial charge in [-0.05, 0) is 42.3 Å². The molecular formula is C21H16BrClN2O2S. The summed E-state index contributed by atoms with van der Waals surface area (Å²) in [4.78, 5) is 14.0. The van der Waals surface area contributed by atoms with Crippen LogP contribution in [0, 0.1) is 6.92 Å². The van der Waals surface area contributed by atoms with Gasteiger partial charge in [-0.15, -0.1) is 11.3 Å². The maximum atomic E-state index is 12.5. The number of aryl methyl sites for hydroxylation is 1. The van der Waals surface area contributed by atoms with Crippen molar-refractivity contribution < 1.29 is 9.53 Å². The molecule has 2 aromatic heterocycles. The fourth-order valence-corrected chi connectivity index (χ4v) is 4.42. The Labute approximate surface area is 179 Å². The van der Waals surface area contributed by atoms with Crippen LogP contribution in [-0.2, 0) is 17.9 Å². The second-order valence-corrected chi connectivity index (χ2v) is 8.72. The van der Waals surface area contributed by atoms with Gasteiger partial charge < -0.3 is 4.74 Å². The van der Waals surface area contributed by atoms with Crippen LogP contribution in [0.5, 0.6) is 0 Å². The quantitative estimate of drug-likeness (QED) is 0.321. The molecule has 28 heavy (non-hydrogen) atoms. The predicted octanol–water partition coefficient (Wildman–Crippen LogP) is 6.23. The summed E-state index contributed by atoms with van der Waals surface area (Å²) >= 11 is 11.1. The molecule has 0 saturated heterocycles. The molecule has 0 amide bonds. The number of carbonyl (C=O) groups is 1. The number of esters is 1. The lowest BCUT2D eigenvalue weighted by Gasteiger charge is -2.05. The number of thiophene rings is 1. The van der Waals surface area contributed by atoms with Gasteiger partial charge in [0.05, 0.1) is 12.2 Å². The molecule has 4 aromatic rings. The molecule has 4 nitrogen and oxygen atoms in total. The predicted molar refractivity (Wildman–Crippen MR) is 116 cm³/mol. The third-order valence-electron chi connectivity index (χ3n) is 4.37. The molecule has 0 unspecified atom stereocenters. The zero-order chi connectivity index (χ0) is 19.7. The van der Waals surface area contributed by atoms with Gasteiger partial charge in [0.15, 0.2) is 0 Å². The summed E-state index contributed by atoms with van der Waals surface area (Å²) in [5.41, 5.74) is 2.81. The van der Waals surface area contributed by atoms with Crippen molar-refractivity contribution >= 4 is 55.1 Å². The number of nitrogens with zero attached hydrogens (tertiary/aromatic N) is 2. The van der Waals surface area contributed by atoms with E-state index in [1.807, 2.05) is 66.2 Å². The van der Waals surface area contributed by atoms with E-state index in [0.717, 1.165) is 31.5 Å². The number of rotatable bonds is 5. The minimum Gasteiger partial charge on any atom is -0.457 e. The second kappa shape index (κ2) is 8.07. The van der Waals surface area contributed by atoms with Crippen LogP contribution in [0.2, 0.25) is 5.02 Å². The molecule has 0 atom stereocenters. The van der Waals surface area contributed by atoms with Crippen molar-refractivity contribution in [1.29, 1.82) is 0 Å². The number of aromatic nitrogens is 2. The van der Waals surface area contributed by atoms with E-state index >= 15 is 0 Å². The van der Waals surface area contributed by atoms with Crippen LogP contribution in [0.25, 0.3) is 10.2 Å². The normalized spacial score (nSPS) is 11.1. The molecule has 0 aliphatic carbocycles. The largest absolute Gasteiger partial charge is 0.457 e. The highest BCUT2D eigenvalue weighted by Crippen LogP contribution is 2.30. The lowest BCUT2D eigenvalue weighted by Crippen LogP contribution is -2.04. The summed E-state index contributed by atoms with van der Waals surface area (Å²) in [6, 6.07) is 17.3. The number of halogens is 2. The van der Waals surface area contributed by atoms with Crippen LogP contribution < -0.4 is 0 Å². The van der Waals surface area contributed by atoms with Gasteiger partial charge in [0, 0.05) is 14.9 Å². The van der Waals surface area contributed by atoms with Gasteiger partial charge in [-0.3, -0.25) is 4.68 Å². The van der Waals surface area contributed by atoms with Crippen molar-refractivity contribution in [2.45, 2.75) is 20.1 Å². The fraction of sp³-hybridized carbons (Fsp3) is 0.143. The van der Waals surface area contributed by atoms with Crippen molar-refractivity contribution in [3.05, 3.63) is 85.8 Å². The summed E-state index contributed by atoms with van der Waals surface area (Å²) in [6.07, 6.45) is 0. The van der Waals surface area contributed by atoms with Gasteiger partial charge in [0.25, 0.3) is 0 Å². The number of carbonyl (C=O) groups excluding carboxylic acids is 1. The Morgan fingerprint density at radius 1 is 1.21 bits per heavy atom. The second-order valence-electron chi connectivity index (χ2n) is 6.37. The van der Waals surface area contributed by atoms with E-state index in [1.165, 1.54) is 11.3 Å². The first-order valence-electron chi connectivity index (χ1n) is 8.63. The number of ether oxygens (including phenoxy) is 1. The summed E-state index contributed by atoms with van der Waals surface area (Å²) in [5, 5.41) is 6.27. The van der Waals surface area contributed by atoms with Gasteiger partial charge in [-0.1, -0.05) is 57.9 Å². The van der Waals surface area contributed by atoms with E-state index in [0.29, 0.717) is 16.4 Å². The minimum absolute atomic E-state index is 0.241. The maximum Gasteiger partial charge on any atom is 0.348 e. The van der Waals surface area contributed by atoms with E-state index in [9.17, 15) is 4.79 Å². The average Bonchev–Trinajstić information content (AvgIpc) is 3.24. The first-order valence-corrected chi connectivity index (χ1v) is 10.6. The fourth-order valence-electron chi connectivity index (χ4n) is 2.91. The average molecular weight is 476 g/mol. The molecule has 0 spiro atoms. The van der Waals surface area contributed by atoms with Crippen LogP contribution in [0.15, 0.2) is 59.1 Å². The van der Waals surface area contributed by atoms with Gasteiger partial charge >= 0.3 is 5.97 Å². The Balaban J connectivity index is 1.55. The highest BCUT2D eigenvalue weighted by Gasteiger charge is 2.18. The number of benzene rings is 2. The number of fused-ring (bicyclic) bond motifs is 1. The van der Waals surface area contributed by atoms with Gasteiger partial charge in [-0.25, -0.2) is 4.79 Å². The Bertz CT molecular complexity index is 1150. The third kappa shape index (κ3) is 3.99. The highest BCUT2D eigenvalue weighted by molar-refractivity contribution is 9.10. The maximum absolute atomic E-state index is 12.5. The Hall–Kier alpha value is -2.15. The first kappa shape index (κ1) is 19.2. The summed E-state index contributed by atoms with van der Waals surface area (Å²) in [5.74, 6) is -0.326. The van der Waals surface area contributed by atoms with E-state index in [2.05, 4.69) is 21.0 Å². The molecule has 7 heteroatoms. The SMILES string of the molecule is Cc1nn(Cc2ccccc2Cl)c2sc(C(=O)OCc3ccc(Br)cc3)cc12. The van der Waals surface area contributed by atoms with E-state index < -0.39 is 0 Å². The van der Waals surface area contributed by atoms with Crippen LogP contribution in [0.1, 0.15) is 26.5 Å². The van der Waals surface area contributed by atoms with E-state index in [1.54, 1.807) is 0 Å². The summed E-state index contributed by atoms with van der Waals surface area (Å²) in [6.45, 7) is 2.73. The molecule has 0 N–H and O–H groups in total. The topological polar surface area (TPSA) is 44.1 Å². The van der Waals surface area contributed by atoms with Crippen LogP contribution in [-0.4, -0.2) is 15.7 Å².